The molecular weight excluding hydrogens is 274 g/mol. The van der Waals surface area contributed by atoms with Crippen LogP contribution in [0.15, 0.2) is 6.07 Å². The highest BCUT2D eigenvalue weighted by molar-refractivity contribution is 5.77. The minimum atomic E-state index is -0.804. The van der Waals surface area contributed by atoms with Crippen molar-refractivity contribution in [3.05, 3.63) is 26.3 Å². The van der Waals surface area contributed by atoms with Gasteiger partial charge < -0.3 is 20.2 Å². The van der Waals surface area contributed by atoms with E-state index in [0.717, 1.165) is 0 Å². The molecule has 0 saturated carbocycles. The lowest BCUT2D eigenvalue weighted by molar-refractivity contribution is -0.549. The fourth-order valence-corrected chi connectivity index (χ4v) is 1.47. The summed E-state index contributed by atoms with van der Waals surface area (Å²) in [5.74, 6) is -1.27. The van der Waals surface area contributed by atoms with Crippen LogP contribution in [0, 0.1) is 20.2 Å². The number of hydrogen-bond donors (Lipinski definition) is 0. The van der Waals surface area contributed by atoms with Crippen molar-refractivity contribution in [2.24, 2.45) is 0 Å². The largest absolute Gasteiger partial charge is 0.656 e. The minimum absolute atomic E-state index is 0.0396. The molecule has 3 aromatic rings. The number of H-pyrrole nitrogens is 2. The fraction of sp³-hybridized carbons (Fsp3) is 0. The van der Waals surface area contributed by atoms with Gasteiger partial charge in [-0.15, -0.1) is 4.98 Å². The van der Waals surface area contributed by atoms with Crippen molar-refractivity contribution in [3.63, 3.8) is 0 Å². The van der Waals surface area contributed by atoms with Crippen LogP contribution in [0.3, 0.4) is 0 Å². The van der Waals surface area contributed by atoms with E-state index in [0.29, 0.717) is 0 Å². The van der Waals surface area contributed by atoms with Crippen molar-refractivity contribution in [1.29, 1.82) is 0 Å². The number of nitrogens with zero attached hydrogens (tertiary/aromatic N) is 7. The molecule has 3 aromatic heterocycles. The Balaban J connectivity index is 2.29. The number of aromatic amines is 2. The summed E-state index contributed by atoms with van der Waals surface area (Å²) in [5, 5.41) is 35.0. The molecule has 0 aromatic carbocycles. The normalized spacial score (nSPS) is 10.8. The molecule has 0 amide bonds. The summed E-state index contributed by atoms with van der Waals surface area (Å²) < 4.78 is 0. The topological polar surface area (TPSA) is 179 Å². The van der Waals surface area contributed by atoms with Crippen molar-refractivity contribution >= 4 is 34.2 Å². The molecule has 13 nitrogen and oxygen atoms in total. The van der Waals surface area contributed by atoms with Gasteiger partial charge in [0.05, 0.1) is 10.0 Å². The minimum Gasteiger partial charge on any atom is -0.389 e. The van der Waals surface area contributed by atoms with Gasteiger partial charge in [0.1, 0.15) is 4.98 Å². The third-order valence-corrected chi connectivity index (χ3v) is 2.30. The quantitative estimate of drug-likeness (QED) is 0.303. The van der Waals surface area contributed by atoms with Crippen LogP contribution in [0.1, 0.15) is 0 Å². The standard InChI is InChI=1S/C7HN9O4/c17-15(18)6-9-4-2(11-13-6)1-3-5(8-4)10-7(14-12-3)16(19)20/h1H/p+2. The Morgan fingerprint density at radius 3 is 2.40 bits per heavy atom. The van der Waals surface area contributed by atoms with Crippen LogP contribution in [-0.4, -0.2) is 35.2 Å². The highest BCUT2D eigenvalue weighted by Crippen LogP contribution is 2.10. The first-order valence-corrected chi connectivity index (χ1v) is 5.00. The number of fused-ring (bicyclic) bond motifs is 2. The maximum absolute atomic E-state index is 10.6. The SMILES string of the molecule is O=[N+]([O-])c1nnc2cc3nnc([N+](=O)[O-])[nH+]c3[nH+]c2n1. The third kappa shape index (κ3) is 1.78. The van der Waals surface area contributed by atoms with Gasteiger partial charge in [-0.05, 0) is 4.92 Å². The molecule has 0 aliphatic rings. The number of rotatable bonds is 2. The smallest absolute Gasteiger partial charge is 0.389 e. The van der Waals surface area contributed by atoms with Crippen molar-refractivity contribution < 1.29 is 19.8 Å². The molecule has 0 aliphatic heterocycles. The molecule has 0 spiro atoms. The second-order valence-electron chi connectivity index (χ2n) is 3.54. The third-order valence-electron chi connectivity index (χ3n) is 2.30. The van der Waals surface area contributed by atoms with Gasteiger partial charge in [-0.2, -0.15) is 4.98 Å². The highest BCUT2D eigenvalue weighted by atomic mass is 16.6. The summed E-state index contributed by atoms with van der Waals surface area (Å²) in [6, 6.07) is 1.39. The van der Waals surface area contributed by atoms with E-state index in [1.165, 1.54) is 6.07 Å². The monoisotopic (exact) mass is 277 g/mol. The summed E-state index contributed by atoms with van der Waals surface area (Å²) in [5.41, 5.74) is 0.624. The molecule has 0 fully saturated rings. The van der Waals surface area contributed by atoms with E-state index >= 15 is 0 Å². The maximum atomic E-state index is 10.6. The zero-order valence-electron chi connectivity index (χ0n) is 9.34. The van der Waals surface area contributed by atoms with Crippen LogP contribution in [0.5, 0.6) is 0 Å². The maximum Gasteiger partial charge on any atom is 0.656 e. The Bertz CT molecular complexity index is 812. The first-order valence-electron chi connectivity index (χ1n) is 5.00. The first kappa shape index (κ1) is 11.6. The van der Waals surface area contributed by atoms with Gasteiger partial charge in [0.2, 0.25) is 16.1 Å². The molecular formula is C7H3N9O4+2. The highest BCUT2D eigenvalue weighted by Gasteiger charge is 2.28. The fourth-order valence-electron chi connectivity index (χ4n) is 1.47. The van der Waals surface area contributed by atoms with Crippen LogP contribution in [0.2, 0.25) is 0 Å². The molecule has 0 atom stereocenters. The average Bonchev–Trinajstić information content (AvgIpc) is 2.43. The van der Waals surface area contributed by atoms with Crippen molar-refractivity contribution in [2.45, 2.75) is 0 Å². The van der Waals surface area contributed by atoms with Crippen LogP contribution in [0.4, 0.5) is 11.9 Å². The zero-order chi connectivity index (χ0) is 14.3. The van der Waals surface area contributed by atoms with Crippen molar-refractivity contribution in [1.82, 2.24) is 25.4 Å². The molecule has 0 saturated heterocycles. The molecule has 98 valence electrons. The van der Waals surface area contributed by atoms with E-state index in [4.69, 9.17) is 0 Å². The van der Waals surface area contributed by atoms with Gasteiger partial charge in [-0.1, -0.05) is 5.10 Å². The Kier molecular flexibility index (Phi) is 2.32. The molecule has 0 aliphatic carbocycles. The van der Waals surface area contributed by atoms with E-state index in [9.17, 15) is 20.2 Å². The average molecular weight is 277 g/mol. The molecule has 0 unspecified atom stereocenters. The van der Waals surface area contributed by atoms with Crippen LogP contribution in [0.25, 0.3) is 22.3 Å². The van der Waals surface area contributed by atoms with Crippen LogP contribution in [-0.2, 0) is 0 Å². The van der Waals surface area contributed by atoms with Crippen LogP contribution >= 0.6 is 0 Å². The number of aromatic nitrogens is 7. The second kappa shape index (κ2) is 4.01. The molecule has 13 heteroatoms. The summed E-state index contributed by atoms with van der Waals surface area (Å²) in [7, 11) is 0. The summed E-state index contributed by atoms with van der Waals surface area (Å²) in [6.07, 6.45) is 0. The van der Waals surface area contributed by atoms with Gasteiger partial charge in [0, 0.05) is 11.2 Å². The van der Waals surface area contributed by atoms with E-state index in [1.807, 2.05) is 0 Å². The Morgan fingerprint density at radius 2 is 1.70 bits per heavy atom. The van der Waals surface area contributed by atoms with Gasteiger partial charge in [0.25, 0.3) is 0 Å². The van der Waals surface area contributed by atoms with Gasteiger partial charge >= 0.3 is 23.2 Å². The van der Waals surface area contributed by atoms with Crippen LogP contribution < -0.4 is 9.97 Å². The van der Waals surface area contributed by atoms with Gasteiger partial charge in [0.15, 0.2) is 0 Å². The Labute approximate surface area is 107 Å². The first-order chi connectivity index (χ1) is 9.54. The summed E-state index contributed by atoms with van der Waals surface area (Å²) in [4.78, 5) is 28.2. The summed E-state index contributed by atoms with van der Waals surface area (Å²) in [6.45, 7) is 0. The molecule has 20 heavy (non-hydrogen) atoms. The lowest BCUT2D eigenvalue weighted by atomic mass is 10.4. The number of pyridine rings is 1. The summed E-state index contributed by atoms with van der Waals surface area (Å²) >= 11 is 0. The van der Waals surface area contributed by atoms with Gasteiger partial charge in [-0.25, -0.2) is 0 Å². The molecule has 3 rings (SSSR count). The predicted octanol–water partition coefficient (Wildman–Crippen LogP) is -1.59. The lowest BCUT2D eigenvalue weighted by Gasteiger charge is -1.88. The van der Waals surface area contributed by atoms with E-state index in [1.54, 1.807) is 0 Å². The molecule has 2 N–H and O–H groups in total. The zero-order valence-corrected chi connectivity index (χ0v) is 9.34. The van der Waals surface area contributed by atoms with E-state index in [2.05, 4.69) is 35.3 Å². The lowest BCUT2D eigenvalue weighted by Crippen LogP contribution is -2.24. The number of nitro groups is 2. The van der Waals surface area contributed by atoms with Crippen molar-refractivity contribution in [2.75, 3.05) is 0 Å². The van der Waals surface area contributed by atoms with E-state index in [-0.39, 0.29) is 22.3 Å². The molecule has 3 heterocycles. The number of hydrogen-bond acceptors (Lipinski definition) is 9. The van der Waals surface area contributed by atoms with Crippen molar-refractivity contribution in [3.8, 4) is 0 Å². The Morgan fingerprint density at radius 1 is 0.950 bits per heavy atom. The molecule has 0 radical (unpaired) electrons. The van der Waals surface area contributed by atoms with E-state index < -0.39 is 21.7 Å². The molecule has 0 bridgehead atoms. The number of nitrogens with one attached hydrogen (secondary N) is 2. The predicted molar refractivity (Wildman–Crippen MR) is 56.8 cm³/mol. The second-order valence-corrected chi connectivity index (χ2v) is 3.54. The Hall–Kier alpha value is -3.51. The van der Waals surface area contributed by atoms with Gasteiger partial charge in [-0.3, -0.25) is 0 Å².